The van der Waals surface area contributed by atoms with E-state index in [1.165, 1.54) is 23.9 Å². The number of aromatic nitrogens is 3. The van der Waals surface area contributed by atoms with Gasteiger partial charge in [0.2, 0.25) is 5.91 Å². The van der Waals surface area contributed by atoms with Crippen LogP contribution in [0.3, 0.4) is 0 Å². The van der Waals surface area contributed by atoms with Crippen LogP contribution in [0.25, 0.3) is 0 Å². The number of nitrogens with one attached hydrogen (secondary N) is 1. The fraction of sp³-hybridized carbons (Fsp3) is 0.526. The van der Waals surface area contributed by atoms with E-state index in [4.69, 9.17) is 0 Å². The van der Waals surface area contributed by atoms with Crippen molar-refractivity contribution < 1.29 is 9.18 Å². The molecule has 0 atom stereocenters. The summed E-state index contributed by atoms with van der Waals surface area (Å²) in [6, 6.07) is 6.98. The van der Waals surface area contributed by atoms with Gasteiger partial charge in [-0.1, -0.05) is 36.7 Å². The van der Waals surface area contributed by atoms with Crippen molar-refractivity contribution in [1.82, 2.24) is 20.1 Å². The number of carbonyl (C=O) groups excluding carboxylic acids is 1. The van der Waals surface area contributed by atoms with E-state index >= 15 is 0 Å². The second-order valence-electron chi connectivity index (χ2n) is 7.17. The minimum atomic E-state index is -0.225. The minimum Gasteiger partial charge on any atom is -0.354 e. The first kappa shape index (κ1) is 18.9. The molecule has 1 aromatic carbocycles. The molecule has 1 amide bonds. The quantitative estimate of drug-likeness (QED) is 0.748. The van der Waals surface area contributed by atoms with Crippen LogP contribution >= 0.6 is 11.8 Å². The topological polar surface area (TPSA) is 59.8 Å². The van der Waals surface area contributed by atoms with Crippen LogP contribution in [-0.4, -0.2) is 33.0 Å². The monoisotopic (exact) mass is 376 g/mol. The Bertz CT molecular complexity index is 738. The Morgan fingerprint density at radius 2 is 2.00 bits per heavy atom. The summed E-state index contributed by atoms with van der Waals surface area (Å²) >= 11 is 1.40. The van der Waals surface area contributed by atoms with Crippen LogP contribution in [0.15, 0.2) is 35.7 Å². The Labute approximate surface area is 157 Å². The minimum absolute atomic E-state index is 0.0123. The number of hydrogen-bond donors (Lipinski definition) is 1. The molecular formula is C19H25FN4OS. The van der Waals surface area contributed by atoms with Crippen molar-refractivity contribution in [2.24, 2.45) is 0 Å². The molecule has 5 nitrogen and oxygen atoms in total. The molecule has 0 aliphatic heterocycles. The number of carbonyl (C=O) groups is 1. The van der Waals surface area contributed by atoms with Crippen molar-refractivity contribution in [1.29, 1.82) is 0 Å². The van der Waals surface area contributed by atoms with E-state index in [0.717, 1.165) is 36.4 Å². The van der Waals surface area contributed by atoms with E-state index in [1.807, 2.05) is 16.7 Å². The van der Waals surface area contributed by atoms with Crippen LogP contribution < -0.4 is 5.32 Å². The summed E-state index contributed by atoms with van der Waals surface area (Å²) < 4.78 is 15.2. The van der Waals surface area contributed by atoms with Gasteiger partial charge in [-0.05, 0) is 44.4 Å². The Morgan fingerprint density at radius 1 is 1.31 bits per heavy atom. The van der Waals surface area contributed by atoms with Gasteiger partial charge in [-0.3, -0.25) is 4.79 Å². The van der Waals surface area contributed by atoms with Crippen molar-refractivity contribution in [3.8, 4) is 0 Å². The predicted octanol–water partition coefficient (Wildman–Crippen LogP) is 3.72. The molecule has 1 aliphatic carbocycles. The van der Waals surface area contributed by atoms with Crippen LogP contribution in [-0.2, 0) is 10.2 Å². The van der Waals surface area contributed by atoms with Gasteiger partial charge in [-0.15, -0.1) is 10.2 Å². The Hall–Kier alpha value is -1.89. The molecule has 1 N–H and O–H groups in total. The highest BCUT2D eigenvalue weighted by Crippen LogP contribution is 2.40. The third-order valence-corrected chi connectivity index (χ3v) is 6.03. The predicted molar refractivity (Wildman–Crippen MR) is 101 cm³/mol. The molecule has 0 saturated heterocycles. The second-order valence-corrected chi connectivity index (χ2v) is 8.12. The van der Waals surface area contributed by atoms with Gasteiger partial charge >= 0.3 is 0 Å². The Morgan fingerprint density at radius 3 is 2.65 bits per heavy atom. The molecule has 0 spiro atoms. The first-order valence-corrected chi connectivity index (χ1v) is 10.0. The van der Waals surface area contributed by atoms with Crippen molar-refractivity contribution in [3.63, 3.8) is 0 Å². The standard InChI is InChI=1S/C19H25FN4OS/c1-14(2)24-13-22-23-18(24)26-11-17(25)21-12-19(9-3-4-10-19)15-5-7-16(20)8-6-15/h5-8,13-14H,3-4,9-12H2,1-2H3,(H,21,25). The molecule has 140 valence electrons. The second kappa shape index (κ2) is 8.20. The molecule has 26 heavy (non-hydrogen) atoms. The molecule has 1 aromatic heterocycles. The van der Waals surface area contributed by atoms with E-state index in [9.17, 15) is 9.18 Å². The number of hydrogen-bond acceptors (Lipinski definition) is 4. The Balaban J connectivity index is 1.58. The van der Waals surface area contributed by atoms with Crippen LogP contribution in [0, 0.1) is 5.82 Å². The van der Waals surface area contributed by atoms with Crippen molar-refractivity contribution in [2.45, 2.75) is 56.1 Å². The van der Waals surface area contributed by atoms with E-state index in [-0.39, 0.29) is 23.2 Å². The first-order chi connectivity index (χ1) is 12.5. The fourth-order valence-electron chi connectivity index (χ4n) is 3.56. The maximum absolute atomic E-state index is 13.3. The fourth-order valence-corrected chi connectivity index (χ4v) is 4.44. The maximum Gasteiger partial charge on any atom is 0.230 e. The summed E-state index contributed by atoms with van der Waals surface area (Å²) in [6.45, 7) is 4.70. The van der Waals surface area contributed by atoms with Gasteiger partial charge in [0.1, 0.15) is 12.1 Å². The smallest absolute Gasteiger partial charge is 0.230 e. The summed E-state index contributed by atoms with van der Waals surface area (Å²) in [5.74, 6) is 0.0727. The zero-order valence-electron chi connectivity index (χ0n) is 15.2. The van der Waals surface area contributed by atoms with Gasteiger partial charge in [-0.25, -0.2) is 4.39 Å². The largest absolute Gasteiger partial charge is 0.354 e. The molecule has 1 heterocycles. The lowest BCUT2D eigenvalue weighted by molar-refractivity contribution is -0.118. The van der Waals surface area contributed by atoms with E-state index in [2.05, 4.69) is 29.4 Å². The normalized spacial score (nSPS) is 16.2. The van der Waals surface area contributed by atoms with Crippen LogP contribution in [0.2, 0.25) is 0 Å². The molecule has 7 heteroatoms. The summed E-state index contributed by atoms with van der Waals surface area (Å²) in [6.07, 6.45) is 6.01. The molecule has 3 rings (SSSR count). The highest BCUT2D eigenvalue weighted by atomic mass is 32.2. The number of nitrogens with zero attached hydrogens (tertiary/aromatic N) is 3. The summed E-state index contributed by atoms with van der Waals surface area (Å²) in [4.78, 5) is 12.4. The molecule has 1 fully saturated rings. The lowest BCUT2D eigenvalue weighted by Crippen LogP contribution is -2.39. The lowest BCUT2D eigenvalue weighted by Gasteiger charge is -2.30. The third kappa shape index (κ3) is 4.26. The average Bonchev–Trinajstić information content (AvgIpc) is 3.29. The van der Waals surface area contributed by atoms with Crippen molar-refractivity contribution >= 4 is 17.7 Å². The molecular weight excluding hydrogens is 351 g/mol. The van der Waals surface area contributed by atoms with Gasteiger partial charge in [0.15, 0.2) is 5.16 Å². The Kier molecular flexibility index (Phi) is 5.96. The number of amides is 1. The molecule has 1 aliphatic rings. The van der Waals surface area contributed by atoms with E-state index in [1.54, 1.807) is 6.33 Å². The van der Waals surface area contributed by atoms with Crippen LogP contribution in [0.1, 0.15) is 51.1 Å². The van der Waals surface area contributed by atoms with E-state index < -0.39 is 0 Å². The van der Waals surface area contributed by atoms with Gasteiger partial charge in [0.25, 0.3) is 0 Å². The number of rotatable bonds is 7. The molecule has 0 bridgehead atoms. The van der Waals surface area contributed by atoms with Gasteiger partial charge in [-0.2, -0.15) is 0 Å². The summed E-state index contributed by atoms with van der Waals surface area (Å²) in [7, 11) is 0. The lowest BCUT2D eigenvalue weighted by atomic mass is 9.79. The molecule has 1 saturated carbocycles. The van der Waals surface area contributed by atoms with Crippen LogP contribution in [0.5, 0.6) is 0 Å². The zero-order valence-corrected chi connectivity index (χ0v) is 16.1. The van der Waals surface area contributed by atoms with Gasteiger partial charge in [0.05, 0.1) is 5.75 Å². The van der Waals surface area contributed by atoms with Crippen molar-refractivity contribution in [3.05, 3.63) is 42.0 Å². The van der Waals surface area contributed by atoms with Crippen molar-refractivity contribution in [2.75, 3.05) is 12.3 Å². The molecule has 0 radical (unpaired) electrons. The highest BCUT2D eigenvalue weighted by Gasteiger charge is 2.35. The van der Waals surface area contributed by atoms with E-state index in [0.29, 0.717) is 12.3 Å². The highest BCUT2D eigenvalue weighted by molar-refractivity contribution is 7.99. The molecule has 2 aromatic rings. The molecule has 0 unspecified atom stereocenters. The summed E-state index contributed by atoms with van der Waals surface area (Å²) in [5.41, 5.74) is 1.04. The number of benzene rings is 1. The average molecular weight is 377 g/mol. The maximum atomic E-state index is 13.3. The summed E-state index contributed by atoms with van der Waals surface area (Å²) in [5, 5.41) is 11.8. The van der Waals surface area contributed by atoms with Crippen LogP contribution in [0.4, 0.5) is 4.39 Å². The SMILES string of the molecule is CC(C)n1cnnc1SCC(=O)NCC1(c2ccc(F)cc2)CCCC1. The third-order valence-electron chi connectivity index (χ3n) is 5.07. The van der Waals surface area contributed by atoms with Gasteiger partial charge < -0.3 is 9.88 Å². The number of halogens is 1. The van der Waals surface area contributed by atoms with Gasteiger partial charge in [0, 0.05) is 18.0 Å². The number of thioether (sulfide) groups is 1. The first-order valence-electron chi connectivity index (χ1n) is 9.05. The zero-order chi connectivity index (χ0) is 18.6.